The van der Waals surface area contributed by atoms with Gasteiger partial charge in [0, 0.05) is 23.4 Å². The Labute approximate surface area is 107 Å². The standard InChI is InChI=1S/C13H17ClN2O/c1-7(14)11-6-15-13(16-8(11)2)10-5-9-3-4-12(10)17-9/h6-7,9-10,12H,3-5H2,1-2H3. The van der Waals surface area contributed by atoms with Crippen molar-refractivity contribution in [2.45, 2.75) is 56.6 Å². The van der Waals surface area contributed by atoms with Crippen LogP contribution in [0.3, 0.4) is 0 Å². The van der Waals surface area contributed by atoms with Gasteiger partial charge < -0.3 is 4.74 Å². The van der Waals surface area contributed by atoms with Gasteiger partial charge in [-0.1, -0.05) is 0 Å². The summed E-state index contributed by atoms with van der Waals surface area (Å²) in [6.45, 7) is 3.96. The van der Waals surface area contributed by atoms with Crippen LogP contribution in [0.15, 0.2) is 6.20 Å². The first-order chi connectivity index (χ1) is 8.15. The van der Waals surface area contributed by atoms with E-state index in [1.165, 1.54) is 6.42 Å². The summed E-state index contributed by atoms with van der Waals surface area (Å²) in [6.07, 6.45) is 6.11. The quantitative estimate of drug-likeness (QED) is 0.759. The van der Waals surface area contributed by atoms with Crippen LogP contribution < -0.4 is 0 Å². The summed E-state index contributed by atoms with van der Waals surface area (Å²) in [7, 11) is 0. The van der Waals surface area contributed by atoms with Gasteiger partial charge >= 0.3 is 0 Å². The topological polar surface area (TPSA) is 35.0 Å². The van der Waals surface area contributed by atoms with Crippen molar-refractivity contribution >= 4 is 11.6 Å². The summed E-state index contributed by atoms with van der Waals surface area (Å²) < 4.78 is 5.85. The molecule has 1 aromatic rings. The molecule has 17 heavy (non-hydrogen) atoms. The summed E-state index contributed by atoms with van der Waals surface area (Å²) >= 11 is 6.08. The molecule has 4 heteroatoms. The molecule has 0 radical (unpaired) electrons. The zero-order chi connectivity index (χ0) is 12.0. The van der Waals surface area contributed by atoms with E-state index >= 15 is 0 Å². The van der Waals surface area contributed by atoms with Gasteiger partial charge in [0.1, 0.15) is 5.82 Å². The molecule has 2 bridgehead atoms. The second kappa shape index (κ2) is 4.21. The van der Waals surface area contributed by atoms with Crippen molar-refractivity contribution in [3.05, 3.63) is 23.3 Å². The van der Waals surface area contributed by atoms with Crippen LogP contribution >= 0.6 is 11.6 Å². The predicted octanol–water partition coefficient (Wildman–Crippen LogP) is 3.12. The van der Waals surface area contributed by atoms with Crippen molar-refractivity contribution in [2.75, 3.05) is 0 Å². The molecule has 4 atom stereocenters. The molecule has 0 aromatic carbocycles. The van der Waals surface area contributed by atoms with E-state index in [0.717, 1.165) is 29.9 Å². The van der Waals surface area contributed by atoms with E-state index < -0.39 is 0 Å². The van der Waals surface area contributed by atoms with E-state index in [0.29, 0.717) is 18.1 Å². The van der Waals surface area contributed by atoms with E-state index in [9.17, 15) is 0 Å². The van der Waals surface area contributed by atoms with Gasteiger partial charge in [0.25, 0.3) is 0 Å². The summed E-state index contributed by atoms with van der Waals surface area (Å²) in [6, 6.07) is 0. The second-order valence-corrected chi connectivity index (χ2v) is 5.76. The van der Waals surface area contributed by atoms with Crippen molar-refractivity contribution in [1.29, 1.82) is 0 Å². The van der Waals surface area contributed by atoms with Crippen molar-refractivity contribution in [3.8, 4) is 0 Å². The smallest absolute Gasteiger partial charge is 0.134 e. The number of alkyl halides is 1. The zero-order valence-electron chi connectivity index (χ0n) is 10.2. The minimum atomic E-state index is -0.0275. The maximum Gasteiger partial charge on any atom is 0.134 e. The number of rotatable bonds is 2. The van der Waals surface area contributed by atoms with Crippen molar-refractivity contribution < 1.29 is 4.74 Å². The highest BCUT2D eigenvalue weighted by Gasteiger charge is 2.42. The SMILES string of the molecule is Cc1nc(C2CC3CCC2O3)ncc1C(C)Cl. The molecule has 3 nitrogen and oxygen atoms in total. The normalized spacial score (nSPS) is 33.0. The lowest BCUT2D eigenvalue weighted by Crippen LogP contribution is -2.18. The largest absolute Gasteiger partial charge is 0.374 e. The molecule has 2 fully saturated rings. The van der Waals surface area contributed by atoms with Gasteiger partial charge in [-0.2, -0.15) is 0 Å². The molecule has 3 heterocycles. The van der Waals surface area contributed by atoms with Gasteiger partial charge in [0.2, 0.25) is 0 Å². The van der Waals surface area contributed by atoms with E-state index in [1.807, 2.05) is 20.0 Å². The van der Waals surface area contributed by atoms with Crippen molar-refractivity contribution in [2.24, 2.45) is 0 Å². The predicted molar refractivity (Wildman–Crippen MR) is 66.3 cm³/mol. The maximum absolute atomic E-state index is 6.08. The molecule has 1 aromatic heterocycles. The zero-order valence-corrected chi connectivity index (χ0v) is 10.9. The fourth-order valence-electron chi connectivity index (χ4n) is 2.97. The molecule has 0 spiro atoms. The van der Waals surface area contributed by atoms with Gasteiger partial charge in [0.15, 0.2) is 0 Å². The minimum Gasteiger partial charge on any atom is -0.374 e. The number of hydrogen-bond acceptors (Lipinski definition) is 3. The molecule has 2 saturated heterocycles. The molecular formula is C13H17ClN2O. The van der Waals surface area contributed by atoms with Crippen LogP contribution in [-0.2, 0) is 4.74 Å². The highest BCUT2D eigenvalue weighted by Crippen LogP contribution is 2.43. The van der Waals surface area contributed by atoms with Crippen LogP contribution in [0.5, 0.6) is 0 Å². The Morgan fingerprint density at radius 3 is 2.82 bits per heavy atom. The first-order valence-electron chi connectivity index (χ1n) is 6.28. The Bertz CT molecular complexity index is 435. The van der Waals surface area contributed by atoms with Gasteiger partial charge in [0.05, 0.1) is 17.6 Å². The Kier molecular flexibility index (Phi) is 2.83. The lowest BCUT2D eigenvalue weighted by Gasteiger charge is -2.18. The third-order valence-electron chi connectivity index (χ3n) is 3.90. The first kappa shape index (κ1) is 11.4. The van der Waals surface area contributed by atoms with Crippen LogP contribution in [0.1, 0.15) is 54.6 Å². The van der Waals surface area contributed by atoms with Gasteiger partial charge in [-0.25, -0.2) is 9.97 Å². The Hall–Kier alpha value is -0.670. The van der Waals surface area contributed by atoms with Crippen LogP contribution in [0.4, 0.5) is 0 Å². The number of ether oxygens (including phenoxy) is 1. The number of aryl methyl sites for hydroxylation is 1. The number of nitrogens with zero attached hydrogens (tertiary/aromatic N) is 2. The van der Waals surface area contributed by atoms with Gasteiger partial charge in [-0.05, 0) is 33.1 Å². The van der Waals surface area contributed by atoms with Crippen molar-refractivity contribution in [3.63, 3.8) is 0 Å². The van der Waals surface area contributed by atoms with Crippen LogP contribution in [0.2, 0.25) is 0 Å². The highest BCUT2D eigenvalue weighted by atomic mass is 35.5. The number of hydrogen-bond donors (Lipinski definition) is 0. The summed E-state index contributed by atoms with van der Waals surface area (Å²) in [5, 5.41) is -0.0275. The fraction of sp³-hybridized carbons (Fsp3) is 0.692. The third-order valence-corrected chi connectivity index (χ3v) is 4.14. The van der Waals surface area contributed by atoms with E-state index in [-0.39, 0.29) is 5.38 Å². The molecule has 3 rings (SSSR count). The molecular weight excluding hydrogens is 236 g/mol. The third kappa shape index (κ3) is 1.95. The van der Waals surface area contributed by atoms with Crippen LogP contribution in [0.25, 0.3) is 0 Å². The second-order valence-electron chi connectivity index (χ2n) is 5.10. The Balaban J connectivity index is 1.87. The average molecular weight is 253 g/mol. The molecule has 2 aliphatic rings. The number of fused-ring (bicyclic) bond motifs is 2. The van der Waals surface area contributed by atoms with Crippen LogP contribution in [0, 0.1) is 6.92 Å². The molecule has 0 aliphatic carbocycles. The lowest BCUT2D eigenvalue weighted by molar-refractivity contribution is 0.0998. The maximum atomic E-state index is 6.08. The minimum absolute atomic E-state index is 0.0275. The molecule has 2 aliphatic heterocycles. The highest BCUT2D eigenvalue weighted by molar-refractivity contribution is 6.20. The summed E-state index contributed by atoms with van der Waals surface area (Å²) in [4.78, 5) is 9.11. The number of halogens is 1. The van der Waals surface area contributed by atoms with Crippen LogP contribution in [-0.4, -0.2) is 22.2 Å². The summed E-state index contributed by atoms with van der Waals surface area (Å²) in [5.41, 5.74) is 2.03. The number of aromatic nitrogens is 2. The van der Waals surface area contributed by atoms with Gasteiger partial charge in [-0.3, -0.25) is 0 Å². The van der Waals surface area contributed by atoms with Gasteiger partial charge in [-0.15, -0.1) is 11.6 Å². The molecule has 0 amide bonds. The molecule has 4 unspecified atom stereocenters. The molecule has 0 N–H and O–H groups in total. The molecule has 92 valence electrons. The lowest BCUT2D eigenvalue weighted by atomic mass is 9.88. The Morgan fingerprint density at radius 2 is 2.29 bits per heavy atom. The first-order valence-corrected chi connectivity index (χ1v) is 6.71. The fourth-order valence-corrected chi connectivity index (χ4v) is 3.19. The van der Waals surface area contributed by atoms with Crippen molar-refractivity contribution in [1.82, 2.24) is 9.97 Å². The average Bonchev–Trinajstić information content (AvgIpc) is 2.89. The monoisotopic (exact) mass is 252 g/mol. The van der Waals surface area contributed by atoms with E-state index in [1.54, 1.807) is 0 Å². The Morgan fingerprint density at radius 1 is 1.47 bits per heavy atom. The van der Waals surface area contributed by atoms with E-state index in [2.05, 4.69) is 9.97 Å². The molecule has 0 saturated carbocycles. The summed E-state index contributed by atoms with van der Waals surface area (Å²) in [5.74, 6) is 1.34. The van der Waals surface area contributed by atoms with E-state index in [4.69, 9.17) is 16.3 Å².